The molecule has 0 aliphatic carbocycles. The smallest absolute Gasteiger partial charge is 0.255 e. The number of nitrogens with zero attached hydrogens (tertiary/aromatic N) is 4. The number of carbonyl (C=O) groups is 1. The van der Waals surface area contributed by atoms with Crippen molar-refractivity contribution >= 4 is 16.8 Å². The van der Waals surface area contributed by atoms with Crippen molar-refractivity contribution in [3.05, 3.63) is 72.6 Å². The molecule has 124 valence electrons. The second-order valence-corrected chi connectivity index (χ2v) is 5.58. The summed E-state index contributed by atoms with van der Waals surface area (Å²) in [6.45, 7) is 0.534. The molecule has 1 amide bonds. The van der Waals surface area contributed by atoms with E-state index >= 15 is 0 Å². The molecule has 0 unspecified atom stereocenters. The summed E-state index contributed by atoms with van der Waals surface area (Å²) in [5.41, 5.74) is 2.75. The van der Waals surface area contributed by atoms with E-state index in [0.29, 0.717) is 17.9 Å². The van der Waals surface area contributed by atoms with Crippen molar-refractivity contribution in [3.8, 4) is 5.82 Å². The Balaban J connectivity index is 1.46. The Morgan fingerprint density at radius 1 is 1.20 bits per heavy atom. The minimum absolute atomic E-state index is 0.182. The van der Waals surface area contributed by atoms with Crippen molar-refractivity contribution in [3.63, 3.8) is 0 Å². The number of pyridine rings is 1. The molecule has 0 aliphatic heterocycles. The van der Waals surface area contributed by atoms with Crippen LogP contribution in [0.4, 0.5) is 0 Å². The lowest BCUT2D eigenvalue weighted by molar-refractivity contribution is 0.0953. The number of H-pyrrole nitrogens is 1. The van der Waals surface area contributed by atoms with Crippen LogP contribution in [0.2, 0.25) is 0 Å². The van der Waals surface area contributed by atoms with Gasteiger partial charge in [-0.05, 0) is 30.2 Å². The molecule has 2 N–H and O–H groups in total. The summed E-state index contributed by atoms with van der Waals surface area (Å²) in [7, 11) is 0. The van der Waals surface area contributed by atoms with Gasteiger partial charge >= 0.3 is 0 Å². The van der Waals surface area contributed by atoms with E-state index in [0.717, 1.165) is 11.9 Å². The number of amides is 1. The summed E-state index contributed by atoms with van der Waals surface area (Å²) in [4.78, 5) is 23.9. The van der Waals surface area contributed by atoms with Crippen LogP contribution in [-0.2, 0) is 6.42 Å². The SMILES string of the molecule is O=C(NCCc1c[nH]c2ccccc12)c1cccnc1-n1cncn1. The standard InChI is InChI=1S/C18H16N6O/c25-18(15-5-3-8-20-17(15)24-12-19-11-23-24)21-9-7-13-10-22-16-6-2-1-4-14(13)16/h1-6,8,10-12,22H,7,9H2,(H,21,25). The summed E-state index contributed by atoms with van der Waals surface area (Å²) in [6, 6.07) is 11.6. The van der Waals surface area contributed by atoms with Gasteiger partial charge in [-0.25, -0.2) is 14.6 Å². The second-order valence-electron chi connectivity index (χ2n) is 5.58. The summed E-state index contributed by atoms with van der Waals surface area (Å²) in [5.74, 6) is 0.281. The van der Waals surface area contributed by atoms with Gasteiger partial charge in [-0.15, -0.1) is 0 Å². The van der Waals surface area contributed by atoms with Crippen LogP contribution in [0, 0.1) is 0 Å². The number of aromatic nitrogens is 5. The number of carbonyl (C=O) groups excluding carboxylic acids is 1. The van der Waals surface area contributed by atoms with E-state index in [1.54, 1.807) is 18.3 Å². The number of fused-ring (bicyclic) bond motifs is 1. The van der Waals surface area contributed by atoms with Crippen LogP contribution in [0.5, 0.6) is 0 Å². The first-order chi connectivity index (χ1) is 12.3. The summed E-state index contributed by atoms with van der Waals surface area (Å²) in [6.07, 6.45) is 7.29. The van der Waals surface area contributed by atoms with Gasteiger partial charge in [-0.1, -0.05) is 18.2 Å². The van der Waals surface area contributed by atoms with Crippen LogP contribution in [0.3, 0.4) is 0 Å². The van der Waals surface area contributed by atoms with Gasteiger partial charge in [0.2, 0.25) is 0 Å². The van der Waals surface area contributed by atoms with Crippen LogP contribution in [-0.4, -0.2) is 37.2 Å². The van der Waals surface area contributed by atoms with E-state index in [4.69, 9.17) is 0 Å². The molecule has 7 nitrogen and oxygen atoms in total. The molecular formula is C18H16N6O. The quantitative estimate of drug-likeness (QED) is 0.586. The first kappa shape index (κ1) is 15.1. The Morgan fingerprint density at radius 3 is 3.00 bits per heavy atom. The normalized spacial score (nSPS) is 10.9. The Bertz CT molecular complexity index is 1010. The van der Waals surface area contributed by atoms with Crippen molar-refractivity contribution in [2.24, 2.45) is 0 Å². The first-order valence-electron chi connectivity index (χ1n) is 7.96. The fourth-order valence-corrected chi connectivity index (χ4v) is 2.82. The first-order valence-corrected chi connectivity index (χ1v) is 7.96. The van der Waals surface area contributed by atoms with Crippen molar-refractivity contribution in [2.45, 2.75) is 6.42 Å². The number of aromatic amines is 1. The molecule has 25 heavy (non-hydrogen) atoms. The maximum Gasteiger partial charge on any atom is 0.255 e. The van der Waals surface area contributed by atoms with Crippen molar-refractivity contribution in [2.75, 3.05) is 6.54 Å². The van der Waals surface area contributed by atoms with Gasteiger partial charge in [0.05, 0.1) is 5.56 Å². The minimum Gasteiger partial charge on any atom is -0.361 e. The molecule has 4 aromatic rings. The maximum atomic E-state index is 12.5. The summed E-state index contributed by atoms with van der Waals surface area (Å²) < 4.78 is 1.48. The second kappa shape index (κ2) is 6.56. The van der Waals surface area contributed by atoms with E-state index in [1.165, 1.54) is 28.3 Å². The Hall–Kier alpha value is -3.48. The van der Waals surface area contributed by atoms with E-state index in [2.05, 4.69) is 31.4 Å². The van der Waals surface area contributed by atoms with E-state index < -0.39 is 0 Å². The van der Waals surface area contributed by atoms with E-state index in [1.807, 2.05) is 24.4 Å². The topological polar surface area (TPSA) is 88.5 Å². The predicted octanol–water partition coefficient (Wildman–Crippen LogP) is 2.12. The van der Waals surface area contributed by atoms with E-state index in [9.17, 15) is 4.79 Å². The number of hydrogen-bond donors (Lipinski definition) is 2. The van der Waals surface area contributed by atoms with Crippen LogP contribution in [0.25, 0.3) is 16.7 Å². The predicted molar refractivity (Wildman–Crippen MR) is 93.5 cm³/mol. The van der Waals surface area contributed by atoms with Gasteiger partial charge in [-0.2, -0.15) is 5.10 Å². The summed E-state index contributed by atoms with van der Waals surface area (Å²) >= 11 is 0. The fraction of sp³-hybridized carbons (Fsp3) is 0.111. The van der Waals surface area contributed by atoms with Gasteiger partial charge in [0, 0.05) is 29.8 Å². The highest BCUT2D eigenvalue weighted by Gasteiger charge is 2.14. The van der Waals surface area contributed by atoms with Crippen molar-refractivity contribution in [1.82, 2.24) is 30.0 Å². The monoisotopic (exact) mass is 332 g/mol. The molecule has 1 aromatic carbocycles. The highest BCUT2D eigenvalue weighted by Crippen LogP contribution is 2.17. The van der Waals surface area contributed by atoms with Crippen molar-refractivity contribution in [1.29, 1.82) is 0 Å². The zero-order valence-corrected chi connectivity index (χ0v) is 13.4. The molecule has 0 atom stereocenters. The van der Waals surface area contributed by atoms with Gasteiger partial charge < -0.3 is 10.3 Å². The third kappa shape index (κ3) is 2.99. The van der Waals surface area contributed by atoms with Gasteiger partial charge in [-0.3, -0.25) is 4.79 Å². The number of rotatable bonds is 5. The molecule has 0 radical (unpaired) electrons. The molecule has 0 saturated carbocycles. The lowest BCUT2D eigenvalue weighted by Crippen LogP contribution is -2.27. The van der Waals surface area contributed by atoms with Crippen LogP contribution < -0.4 is 5.32 Å². The summed E-state index contributed by atoms with van der Waals surface area (Å²) in [5, 5.41) is 8.18. The Morgan fingerprint density at radius 2 is 2.12 bits per heavy atom. The molecule has 7 heteroatoms. The third-order valence-electron chi connectivity index (χ3n) is 4.02. The average molecular weight is 332 g/mol. The fourth-order valence-electron chi connectivity index (χ4n) is 2.82. The lowest BCUT2D eigenvalue weighted by Gasteiger charge is -2.08. The molecule has 3 aromatic heterocycles. The average Bonchev–Trinajstić information content (AvgIpc) is 3.32. The largest absolute Gasteiger partial charge is 0.361 e. The molecule has 0 fully saturated rings. The highest BCUT2D eigenvalue weighted by atomic mass is 16.1. The van der Waals surface area contributed by atoms with Gasteiger partial charge in [0.15, 0.2) is 5.82 Å². The molecule has 3 heterocycles. The lowest BCUT2D eigenvalue weighted by atomic mass is 10.1. The molecule has 0 bridgehead atoms. The number of benzene rings is 1. The van der Waals surface area contributed by atoms with Crippen molar-refractivity contribution < 1.29 is 4.79 Å². The van der Waals surface area contributed by atoms with Crippen LogP contribution >= 0.6 is 0 Å². The number of nitrogens with one attached hydrogen (secondary N) is 2. The maximum absolute atomic E-state index is 12.5. The van der Waals surface area contributed by atoms with Crippen LogP contribution in [0.1, 0.15) is 15.9 Å². The Labute approximate surface area is 143 Å². The highest BCUT2D eigenvalue weighted by molar-refractivity contribution is 5.97. The molecule has 0 aliphatic rings. The number of para-hydroxylation sites is 1. The minimum atomic E-state index is -0.182. The van der Waals surface area contributed by atoms with Gasteiger partial charge in [0.25, 0.3) is 5.91 Å². The van der Waals surface area contributed by atoms with E-state index in [-0.39, 0.29) is 5.91 Å². The zero-order chi connectivity index (χ0) is 17.1. The zero-order valence-electron chi connectivity index (χ0n) is 13.4. The Kier molecular flexibility index (Phi) is 3.96. The van der Waals surface area contributed by atoms with Crippen LogP contribution in [0.15, 0.2) is 61.4 Å². The molecular weight excluding hydrogens is 316 g/mol. The number of hydrogen-bond acceptors (Lipinski definition) is 4. The van der Waals surface area contributed by atoms with Gasteiger partial charge in [0.1, 0.15) is 12.7 Å². The molecule has 0 spiro atoms. The molecule has 4 rings (SSSR count). The molecule has 0 saturated heterocycles. The third-order valence-corrected chi connectivity index (χ3v) is 4.02.